The fourth-order valence-corrected chi connectivity index (χ4v) is 3.16. The quantitative estimate of drug-likeness (QED) is 0.542. The summed E-state index contributed by atoms with van der Waals surface area (Å²) in [5.41, 5.74) is 1.13. The second kappa shape index (κ2) is 9.14. The molecule has 1 unspecified atom stereocenters. The smallest absolute Gasteiger partial charge is 0.407 e. The molecule has 1 aliphatic heterocycles. The van der Waals surface area contributed by atoms with E-state index in [4.69, 9.17) is 4.74 Å². The molecule has 0 fully saturated rings. The topological polar surface area (TPSA) is 99.7 Å². The van der Waals surface area contributed by atoms with E-state index in [0.717, 1.165) is 16.3 Å². The summed E-state index contributed by atoms with van der Waals surface area (Å²) in [5.74, 6) is 0.438. The summed E-state index contributed by atoms with van der Waals surface area (Å²) >= 11 is 1.52. The minimum absolute atomic E-state index is 0.00262. The molecule has 0 radical (unpaired) electrons. The first kappa shape index (κ1) is 20.4. The van der Waals surface area contributed by atoms with Crippen molar-refractivity contribution in [3.8, 4) is 0 Å². The standard InChI is InChI=1S/C18H27N3O4S/c1-18(2,3)25-17(24)19-8-4-5-13(22)10-20-12-6-7-15-14(9-12)21-16(23)11-26-15/h6-7,9,13,20,22H,4-5,8,10-11H2,1-3H3,(H,19,24)(H,21,23). The number of aliphatic hydroxyl groups excluding tert-OH is 1. The highest BCUT2D eigenvalue weighted by atomic mass is 32.2. The number of nitrogens with one attached hydrogen (secondary N) is 3. The molecule has 0 aromatic heterocycles. The molecule has 1 aromatic rings. The molecule has 26 heavy (non-hydrogen) atoms. The molecule has 7 nitrogen and oxygen atoms in total. The zero-order chi connectivity index (χ0) is 19.2. The minimum atomic E-state index is -0.532. The molecule has 0 saturated carbocycles. The Labute approximate surface area is 158 Å². The number of carbonyl (C=O) groups excluding carboxylic acids is 2. The monoisotopic (exact) mass is 381 g/mol. The van der Waals surface area contributed by atoms with E-state index >= 15 is 0 Å². The van der Waals surface area contributed by atoms with Crippen LogP contribution in [0.25, 0.3) is 0 Å². The van der Waals surface area contributed by atoms with Crippen molar-refractivity contribution in [2.75, 3.05) is 29.5 Å². The van der Waals surface area contributed by atoms with Crippen LogP contribution >= 0.6 is 11.8 Å². The third kappa shape index (κ3) is 7.13. The predicted molar refractivity (Wildman–Crippen MR) is 104 cm³/mol. The molecule has 2 rings (SSSR count). The molecule has 144 valence electrons. The summed E-state index contributed by atoms with van der Waals surface area (Å²) in [4.78, 5) is 24.0. The van der Waals surface area contributed by atoms with Crippen molar-refractivity contribution >= 4 is 35.1 Å². The fraction of sp³-hybridized carbons (Fsp3) is 0.556. The number of amides is 2. The van der Waals surface area contributed by atoms with Crippen molar-refractivity contribution in [1.29, 1.82) is 0 Å². The lowest BCUT2D eigenvalue weighted by Crippen LogP contribution is -2.33. The zero-order valence-electron chi connectivity index (χ0n) is 15.4. The van der Waals surface area contributed by atoms with Gasteiger partial charge in [0, 0.05) is 23.7 Å². The summed E-state index contributed by atoms with van der Waals surface area (Å²) in [7, 11) is 0. The van der Waals surface area contributed by atoms with Crippen molar-refractivity contribution in [3.05, 3.63) is 18.2 Å². The van der Waals surface area contributed by atoms with Crippen LogP contribution in [-0.4, -0.2) is 47.7 Å². The number of hydrogen-bond acceptors (Lipinski definition) is 6. The molecular weight excluding hydrogens is 354 g/mol. The first-order chi connectivity index (χ1) is 12.2. The van der Waals surface area contributed by atoms with Gasteiger partial charge < -0.3 is 25.8 Å². The van der Waals surface area contributed by atoms with E-state index in [9.17, 15) is 14.7 Å². The number of thioether (sulfide) groups is 1. The van der Waals surface area contributed by atoms with Crippen molar-refractivity contribution in [3.63, 3.8) is 0 Å². The number of aliphatic hydroxyl groups is 1. The van der Waals surface area contributed by atoms with E-state index < -0.39 is 17.8 Å². The average Bonchev–Trinajstić information content (AvgIpc) is 2.55. The van der Waals surface area contributed by atoms with Crippen LogP contribution in [0.3, 0.4) is 0 Å². The van der Waals surface area contributed by atoms with Crippen molar-refractivity contribution in [2.45, 2.75) is 50.2 Å². The Kier molecular flexibility index (Phi) is 7.16. The van der Waals surface area contributed by atoms with E-state index in [-0.39, 0.29) is 5.91 Å². The first-order valence-electron chi connectivity index (χ1n) is 8.68. The van der Waals surface area contributed by atoms with Gasteiger partial charge in [-0.25, -0.2) is 4.79 Å². The average molecular weight is 381 g/mol. The molecule has 0 spiro atoms. The van der Waals surface area contributed by atoms with Crippen LogP contribution in [0.2, 0.25) is 0 Å². The van der Waals surface area contributed by atoms with Gasteiger partial charge in [-0.15, -0.1) is 11.8 Å². The van der Waals surface area contributed by atoms with Gasteiger partial charge in [0.2, 0.25) is 5.91 Å². The Bertz CT molecular complexity index is 646. The number of carbonyl (C=O) groups is 2. The van der Waals surface area contributed by atoms with Crippen LogP contribution in [-0.2, 0) is 9.53 Å². The molecule has 1 atom stereocenters. The lowest BCUT2D eigenvalue weighted by Gasteiger charge is -2.20. The molecule has 1 heterocycles. The fourth-order valence-electron chi connectivity index (χ4n) is 2.37. The highest BCUT2D eigenvalue weighted by Crippen LogP contribution is 2.33. The number of benzene rings is 1. The lowest BCUT2D eigenvalue weighted by molar-refractivity contribution is -0.113. The second-order valence-electron chi connectivity index (χ2n) is 7.15. The molecule has 0 aliphatic carbocycles. The molecule has 0 saturated heterocycles. The molecule has 1 aromatic carbocycles. The van der Waals surface area contributed by atoms with Gasteiger partial charge in [0.15, 0.2) is 0 Å². The molecule has 2 amide bonds. The zero-order valence-corrected chi connectivity index (χ0v) is 16.2. The molecule has 0 bridgehead atoms. The van der Waals surface area contributed by atoms with E-state index in [1.807, 2.05) is 39.0 Å². The van der Waals surface area contributed by atoms with Crippen LogP contribution in [0.1, 0.15) is 33.6 Å². The highest BCUT2D eigenvalue weighted by molar-refractivity contribution is 8.00. The van der Waals surface area contributed by atoms with Crippen LogP contribution in [0, 0.1) is 0 Å². The number of fused-ring (bicyclic) bond motifs is 1. The Morgan fingerprint density at radius 3 is 2.92 bits per heavy atom. The van der Waals surface area contributed by atoms with Crippen molar-refractivity contribution in [2.24, 2.45) is 0 Å². The Morgan fingerprint density at radius 1 is 1.42 bits per heavy atom. The first-order valence-corrected chi connectivity index (χ1v) is 9.67. The van der Waals surface area contributed by atoms with Crippen LogP contribution in [0.5, 0.6) is 0 Å². The maximum absolute atomic E-state index is 11.5. The molecule has 1 aliphatic rings. The Balaban J connectivity index is 1.66. The van der Waals surface area contributed by atoms with Gasteiger partial charge in [-0.3, -0.25) is 4.79 Å². The normalized spacial score (nSPS) is 14.8. The molecular formula is C18H27N3O4S. The van der Waals surface area contributed by atoms with Gasteiger partial charge in [-0.05, 0) is 51.8 Å². The van der Waals surface area contributed by atoms with Gasteiger partial charge in [0.05, 0.1) is 17.5 Å². The summed E-state index contributed by atoms with van der Waals surface area (Å²) in [5, 5.41) is 18.7. The van der Waals surface area contributed by atoms with E-state index in [0.29, 0.717) is 31.7 Å². The van der Waals surface area contributed by atoms with Crippen molar-refractivity contribution in [1.82, 2.24) is 5.32 Å². The van der Waals surface area contributed by atoms with Gasteiger partial charge in [-0.1, -0.05) is 0 Å². The third-order valence-corrected chi connectivity index (χ3v) is 4.61. The number of hydrogen-bond donors (Lipinski definition) is 4. The van der Waals surface area contributed by atoms with Gasteiger partial charge in [0.1, 0.15) is 5.60 Å². The van der Waals surface area contributed by atoms with Crippen molar-refractivity contribution < 1.29 is 19.4 Å². The van der Waals surface area contributed by atoms with E-state index in [1.54, 1.807) is 0 Å². The molecule has 8 heteroatoms. The van der Waals surface area contributed by atoms with E-state index in [2.05, 4.69) is 16.0 Å². The van der Waals surface area contributed by atoms with Gasteiger partial charge >= 0.3 is 6.09 Å². The lowest BCUT2D eigenvalue weighted by atomic mass is 10.2. The second-order valence-corrected chi connectivity index (χ2v) is 8.17. The van der Waals surface area contributed by atoms with Crippen LogP contribution < -0.4 is 16.0 Å². The summed E-state index contributed by atoms with van der Waals surface area (Å²) < 4.78 is 5.15. The summed E-state index contributed by atoms with van der Waals surface area (Å²) in [6.07, 6.45) is 0.230. The van der Waals surface area contributed by atoms with Gasteiger partial charge in [0.25, 0.3) is 0 Å². The third-order valence-electron chi connectivity index (χ3n) is 3.54. The van der Waals surface area contributed by atoms with E-state index in [1.165, 1.54) is 11.8 Å². The van der Waals surface area contributed by atoms with Crippen LogP contribution in [0.4, 0.5) is 16.2 Å². The maximum Gasteiger partial charge on any atom is 0.407 e. The Morgan fingerprint density at radius 2 is 2.19 bits per heavy atom. The number of ether oxygens (including phenoxy) is 1. The number of rotatable bonds is 7. The summed E-state index contributed by atoms with van der Waals surface area (Å²) in [6, 6.07) is 5.76. The summed E-state index contributed by atoms with van der Waals surface area (Å²) in [6.45, 7) is 6.28. The molecule has 4 N–H and O–H groups in total. The van der Waals surface area contributed by atoms with Crippen LogP contribution in [0.15, 0.2) is 23.1 Å². The minimum Gasteiger partial charge on any atom is -0.444 e. The Hall–Kier alpha value is -1.93. The highest BCUT2D eigenvalue weighted by Gasteiger charge is 2.16. The predicted octanol–water partition coefficient (Wildman–Crippen LogP) is 2.81. The SMILES string of the molecule is CC(C)(C)OC(=O)NCCCC(O)CNc1ccc2c(c1)NC(=O)CS2. The van der Waals surface area contributed by atoms with Gasteiger partial charge in [-0.2, -0.15) is 0 Å². The number of anilines is 2. The largest absolute Gasteiger partial charge is 0.444 e. The maximum atomic E-state index is 11.5. The number of alkyl carbamates (subject to hydrolysis) is 1.